The zero-order chi connectivity index (χ0) is 17.5. The van der Waals surface area contributed by atoms with Gasteiger partial charge in [-0.2, -0.15) is 0 Å². The van der Waals surface area contributed by atoms with Gasteiger partial charge < -0.3 is 20.1 Å². The number of hydrogen-bond donors (Lipinski definition) is 2. The number of rotatable bonds is 6. The second kappa shape index (κ2) is 10.6. The largest absolute Gasteiger partial charge is 0.486 e. The predicted molar refractivity (Wildman–Crippen MR) is 116 cm³/mol. The standard InChI is InChI=1S/C18H24N4O2S.HI/c1-13-12-25-17(22-13)8-5-9-20-18(19-2)21-10-14-11-23-15-6-3-4-7-16(15)24-14;/h3-4,6-7,12,14H,5,8-11H2,1-2H3,(H2,19,20,21);1H. The van der Waals surface area contributed by atoms with E-state index in [1.54, 1.807) is 18.4 Å². The van der Waals surface area contributed by atoms with Crippen molar-refractivity contribution in [3.63, 3.8) is 0 Å². The lowest BCUT2D eigenvalue weighted by atomic mass is 10.2. The molecule has 1 aliphatic rings. The highest BCUT2D eigenvalue weighted by molar-refractivity contribution is 14.0. The highest BCUT2D eigenvalue weighted by atomic mass is 127. The Morgan fingerprint density at radius 1 is 1.31 bits per heavy atom. The highest BCUT2D eigenvalue weighted by Gasteiger charge is 2.20. The minimum Gasteiger partial charge on any atom is -0.486 e. The van der Waals surface area contributed by atoms with E-state index in [9.17, 15) is 0 Å². The number of ether oxygens (including phenoxy) is 2. The lowest BCUT2D eigenvalue weighted by molar-refractivity contribution is 0.0936. The van der Waals surface area contributed by atoms with E-state index in [0.717, 1.165) is 42.5 Å². The molecule has 8 heteroatoms. The molecule has 0 radical (unpaired) electrons. The minimum absolute atomic E-state index is 0. The number of hydrogen-bond acceptors (Lipinski definition) is 5. The Bertz CT molecular complexity index is 723. The number of aromatic nitrogens is 1. The molecule has 142 valence electrons. The first-order valence-electron chi connectivity index (χ1n) is 8.48. The van der Waals surface area contributed by atoms with Gasteiger partial charge in [0.05, 0.1) is 11.6 Å². The molecular weight excluding hydrogens is 463 g/mol. The fourth-order valence-corrected chi connectivity index (χ4v) is 3.38. The third kappa shape index (κ3) is 6.01. The van der Waals surface area contributed by atoms with Gasteiger partial charge in [-0.15, -0.1) is 35.3 Å². The molecule has 0 spiro atoms. The van der Waals surface area contributed by atoms with E-state index >= 15 is 0 Å². The van der Waals surface area contributed by atoms with Gasteiger partial charge >= 0.3 is 0 Å². The maximum Gasteiger partial charge on any atom is 0.191 e. The van der Waals surface area contributed by atoms with Crippen LogP contribution in [-0.2, 0) is 6.42 Å². The average Bonchev–Trinajstić information content (AvgIpc) is 3.06. The van der Waals surface area contributed by atoms with E-state index < -0.39 is 0 Å². The van der Waals surface area contributed by atoms with Crippen molar-refractivity contribution in [3.8, 4) is 11.5 Å². The molecule has 26 heavy (non-hydrogen) atoms. The van der Waals surface area contributed by atoms with Crippen LogP contribution in [-0.4, -0.2) is 43.8 Å². The van der Waals surface area contributed by atoms with Crippen molar-refractivity contribution in [1.29, 1.82) is 0 Å². The van der Waals surface area contributed by atoms with Crippen molar-refractivity contribution in [1.82, 2.24) is 15.6 Å². The number of thiazole rings is 1. The Hall–Kier alpha value is -1.55. The van der Waals surface area contributed by atoms with Crippen LogP contribution in [0.5, 0.6) is 11.5 Å². The van der Waals surface area contributed by atoms with Crippen LogP contribution in [0.2, 0.25) is 0 Å². The molecule has 0 aliphatic carbocycles. The van der Waals surface area contributed by atoms with E-state index in [-0.39, 0.29) is 30.1 Å². The van der Waals surface area contributed by atoms with Crippen LogP contribution >= 0.6 is 35.3 Å². The van der Waals surface area contributed by atoms with Crippen LogP contribution in [0.1, 0.15) is 17.1 Å². The first kappa shape index (κ1) is 20.8. The Morgan fingerprint density at radius 3 is 2.85 bits per heavy atom. The molecule has 1 unspecified atom stereocenters. The minimum atomic E-state index is -0.0354. The summed E-state index contributed by atoms with van der Waals surface area (Å²) in [6.45, 7) is 4.05. The summed E-state index contributed by atoms with van der Waals surface area (Å²) < 4.78 is 11.7. The molecule has 2 heterocycles. The lowest BCUT2D eigenvalue weighted by Crippen LogP contribution is -2.45. The summed E-state index contributed by atoms with van der Waals surface area (Å²) in [5.74, 6) is 2.37. The van der Waals surface area contributed by atoms with Crippen LogP contribution < -0.4 is 20.1 Å². The van der Waals surface area contributed by atoms with Gasteiger partial charge in [0.25, 0.3) is 0 Å². The number of fused-ring (bicyclic) bond motifs is 1. The molecule has 0 bridgehead atoms. The second-order valence-corrected chi connectivity index (χ2v) is 6.81. The van der Waals surface area contributed by atoms with Gasteiger partial charge in [0.15, 0.2) is 17.5 Å². The fourth-order valence-electron chi connectivity index (χ4n) is 2.56. The van der Waals surface area contributed by atoms with Gasteiger partial charge in [-0.3, -0.25) is 4.99 Å². The van der Waals surface area contributed by atoms with Gasteiger partial charge in [-0.1, -0.05) is 12.1 Å². The van der Waals surface area contributed by atoms with Gasteiger partial charge in [0, 0.05) is 31.1 Å². The summed E-state index contributed by atoms with van der Waals surface area (Å²) in [6.07, 6.45) is 1.97. The topological polar surface area (TPSA) is 67.8 Å². The molecule has 1 aromatic carbocycles. The first-order chi connectivity index (χ1) is 12.2. The van der Waals surface area contributed by atoms with E-state index in [1.165, 1.54) is 5.01 Å². The molecule has 1 aliphatic heterocycles. The first-order valence-corrected chi connectivity index (χ1v) is 9.36. The normalized spacial score (nSPS) is 15.9. The quantitative estimate of drug-likeness (QED) is 0.283. The van der Waals surface area contributed by atoms with Crippen molar-refractivity contribution >= 4 is 41.3 Å². The predicted octanol–water partition coefficient (Wildman–Crippen LogP) is 3.01. The molecule has 0 saturated heterocycles. The second-order valence-electron chi connectivity index (χ2n) is 5.86. The Labute approximate surface area is 175 Å². The Morgan fingerprint density at radius 2 is 2.12 bits per heavy atom. The molecular formula is C18H25IN4O2S. The van der Waals surface area contributed by atoms with Crippen LogP contribution in [0.25, 0.3) is 0 Å². The number of benzene rings is 1. The molecule has 6 nitrogen and oxygen atoms in total. The number of para-hydroxylation sites is 2. The zero-order valence-electron chi connectivity index (χ0n) is 15.0. The molecule has 2 N–H and O–H groups in total. The molecule has 2 aromatic rings. The van der Waals surface area contributed by atoms with Crippen LogP contribution in [0.4, 0.5) is 0 Å². The third-order valence-electron chi connectivity index (χ3n) is 3.81. The van der Waals surface area contributed by atoms with Crippen LogP contribution in [0, 0.1) is 6.92 Å². The van der Waals surface area contributed by atoms with Crippen molar-refractivity contribution in [2.45, 2.75) is 25.9 Å². The summed E-state index contributed by atoms with van der Waals surface area (Å²) in [4.78, 5) is 8.73. The highest BCUT2D eigenvalue weighted by Crippen LogP contribution is 2.30. The number of guanidine groups is 1. The Kier molecular flexibility index (Phi) is 8.43. The van der Waals surface area contributed by atoms with Gasteiger partial charge in [0.1, 0.15) is 12.7 Å². The average molecular weight is 488 g/mol. The molecule has 3 rings (SSSR count). The molecule has 0 amide bonds. The molecule has 1 aromatic heterocycles. The van der Waals surface area contributed by atoms with E-state index in [4.69, 9.17) is 9.47 Å². The van der Waals surface area contributed by atoms with Gasteiger partial charge in [-0.05, 0) is 25.5 Å². The smallest absolute Gasteiger partial charge is 0.191 e. The van der Waals surface area contributed by atoms with Crippen molar-refractivity contribution < 1.29 is 9.47 Å². The van der Waals surface area contributed by atoms with Crippen LogP contribution in [0.3, 0.4) is 0 Å². The fraction of sp³-hybridized carbons (Fsp3) is 0.444. The summed E-state index contributed by atoms with van der Waals surface area (Å²) in [5, 5.41) is 9.90. The number of halogens is 1. The van der Waals surface area contributed by atoms with Gasteiger partial charge in [0.2, 0.25) is 0 Å². The van der Waals surface area contributed by atoms with E-state index in [2.05, 4.69) is 26.0 Å². The SMILES string of the molecule is CN=C(NCCCc1nc(C)cs1)NCC1COc2ccccc2O1.I. The summed E-state index contributed by atoms with van der Waals surface area (Å²) in [5.41, 5.74) is 1.10. The number of aryl methyl sites for hydroxylation is 2. The summed E-state index contributed by atoms with van der Waals surface area (Å²) in [7, 11) is 1.77. The Balaban J connectivity index is 0.00000243. The van der Waals surface area contributed by atoms with E-state index in [0.29, 0.717) is 13.2 Å². The molecule has 0 saturated carbocycles. The summed E-state index contributed by atoms with van der Waals surface area (Å²) in [6, 6.07) is 7.74. The maximum atomic E-state index is 5.94. The monoisotopic (exact) mass is 488 g/mol. The van der Waals surface area contributed by atoms with E-state index in [1.807, 2.05) is 31.2 Å². The molecule has 1 atom stereocenters. The van der Waals surface area contributed by atoms with Crippen LogP contribution in [0.15, 0.2) is 34.6 Å². The molecule has 0 fully saturated rings. The lowest BCUT2D eigenvalue weighted by Gasteiger charge is -2.27. The number of nitrogens with one attached hydrogen (secondary N) is 2. The van der Waals surface area contributed by atoms with Crippen molar-refractivity contribution in [2.24, 2.45) is 4.99 Å². The summed E-state index contributed by atoms with van der Waals surface area (Å²) >= 11 is 1.72. The zero-order valence-corrected chi connectivity index (χ0v) is 18.2. The number of aliphatic imine (C=N–C) groups is 1. The van der Waals surface area contributed by atoms with Crippen molar-refractivity contribution in [3.05, 3.63) is 40.3 Å². The third-order valence-corrected chi connectivity index (χ3v) is 4.84. The maximum absolute atomic E-state index is 5.94. The van der Waals surface area contributed by atoms with Crippen molar-refractivity contribution in [2.75, 3.05) is 26.7 Å². The van der Waals surface area contributed by atoms with Gasteiger partial charge in [-0.25, -0.2) is 4.98 Å². The number of nitrogens with zero attached hydrogens (tertiary/aromatic N) is 2.